The fourth-order valence-corrected chi connectivity index (χ4v) is 1.52. The molecule has 0 radical (unpaired) electrons. The minimum Gasteiger partial charge on any atom is -0.394 e. The van der Waals surface area contributed by atoms with Gasteiger partial charge in [-0.25, -0.2) is 4.79 Å². The van der Waals surface area contributed by atoms with Crippen LogP contribution >= 0.6 is 0 Å². The van der Waals surface area contributed by atoms with Crippen LogP contribution in [0.1, 0.15) is 11.3 Å². The highest BCUT2D eigenvalue weighted by Gasteiger charge is 2.13. The lowest BCUT2D eigenvalue weighted by Crippen LogP contribution is -2.37. The Balaban J connectivity index is 3.25. The molecule has 1 aromatic rings. The summed E-state index contributed by atoms with van der Waals surface area (Å²) >= 11 is 0. The van der Waals surface area contributed by atoms with E-state index in [1.54, 1.807) is 6.92 Å². The van der Waals surface area contributed by atoms with Crippen molar-refractivity contribution in [3.8, 4) is 0 Å². The van der Waals surface area contributed by atoms with Gasteiger partial charge in [0.1, 0.15) is 0 Å². The molecule has 1 aromatic heterocycles. The minimum absolute atomic E-state index is 0.0747. The second kappa shape index (κ2) is 5.76. The zero-order valence-corrected chi connectivity index (χ0v) is 9.77. The minimum atomic E-state index is -1.05. The molecule has 0 aliphatic heterocycles. The van der Waals surface area contributed by atoms with E-state index in [9.17, 15) is 14.7 Å². The van der Waals surface area contributed by atoms with Crippen LogP contribution in [-0.4, -0.2) is 39.6 Å². The lowest BCUT2D eigenvalue weighted by molar-refractivity contribution is 0.0791. The Kier molecular flexibility index (Phi) is 4.62. The van der Waals surface area contributed by atoms with Crippen molar-refractivity contribution in [2.24, 2.45) is 0 Å². The third-order valence-electron chi connectivity index (χ3n) is 2.47. The summed E-state index contributed by atoms with van der Waals surface area (Å²) in [5.74, 6) is 0. The highest BCUT2D eigenvalue weighted by atomic mass is 16.5. The van der Waals surface area contributed by atoms with Crippen molar-refractivity contribution in [1.29, 1.82) is 0 Å². The molecule has 0 saturated heterocycles. The van der Waals surface area contributed by atoms with Crippen molar-refractivity contribution in [1.82, 2.24) is 9.55 Å². The van der Waals surface area contributed by atoms with E-state index in [0.717, 1.165) is 0 Å². The van der Waals surface area contributed by atoms with Gasteiger partial charge >= 0.3 is 5.69 Å². The highest BCUT2D eigenvalue weighted by molar-refractivity contribution is 5.15. The summed E-state index contributed by atoms with van der Waals surface area (Å²) in [5.41, 5.74) is -0.353. The van der Waals surface area contributed by atoms with Crippen molar-refractivity contribution in [3.63, 3.8) is 0 Å². The Hall–Kier alpha value is -1.44. The van der Waals surface area contributed by atoms with Crippen molar-refractivity contribution < 1.29 is 14.9 Å². The maximum atomic E-state index is 11.5. The van der Waals surface area contributed by atoms with Gasteiger partial charge in [-0.1, -0.05) is 0 Å². The molecule has 7 heteroatoms. The Bertz CT molecular complexity index is 490. The van der Waals surface area contributed by atoms with E-state index in [2.05, 4.69) is 4.98 Å². The van der Waals surface area contributed by atoms with Gasteiger partial charge in [-0.2, -0.15) is 0 Å². The van der Waals surface area contributed by atoms with Crippen LogP contribution in [0.15, 0.2) is 9.59 Å². The van der Waals surface area contributed by atoms with Crippen molar-refractivity contribution >= 4 is 0 Å². The Morgan fingerprint density at radius 2 is 2.12 bits per heavy atom. The van der Waals surface area contributed by atoms with Gasteiger partial charge in [-0.05, 0) is 6.92 Å². The summed E-state index contributed by atoms with van der Waals surface area (Å²) in [6.45, 7) is 1.14. The number of aliphatic hydroxyl groups is 2. The monoisotopic (exact) mass is 244 g/mol. The molecule has 0 bridgehead atoms. The topological polar surface area (TPSA) is 105 Å². The maximum absolute atomic E-state index is 11.5. The molecule has 0 spiro atoms. The van der Waals surface area contributed by atoms with Crippen LogP contribution in [0.5, 0.6) is 0 Å². The molecule has 3 N–H and O–H groups in total. The fraction of sp³-hybridized carbons (Fsp3) is 0.600. The number of hydrogen-bond donors (Lipinski definition) is 3. The zero-order chi connectivity index (χ0) is 13.0. The highest BCUT2D eigenvalue weighted by Crippen LogP contribution is 2.02. The maximum Gasteiger partial charge on any atom is 0.328 e. The number of H-pyrrole nitrogens is 1. The molecule has 7 nitrogen and oxygen atoms in total. The van der Waals surface area contributed by atoms with Gasteiger partial charge in [-0.3, -0.25) is 14.3 Å². The van der Waals surface area contributed by atoms with E-state index < -0.39 is 24.0 Å². The van der Waals surface area contributed by atoms with Gasteiger partial charge in [0.05, 0.1) is 31.4 Å². The number of aromatic amines is 1. The standard InChI is InChI=1S/C10H16N2O5/c1-6-8(5-17-2)9(15)11-10(16)12(6)3-7(14)4-13/h7,13-14H,3-5H2,1-2H3,(H,11,15,16). The Labute approximate surface area is 97.3 Å². The summed E-state index contributed by atoms with van der Waals surface area (Å²) in [6, 6.07) is 0. The Morgan fingerprint density at radius 3 is 2.65 bits per heavy atom. The van der Waals surface area contributed by atoms with Gasteiger partial charge in [0.25, 0.3) is 5.56 Å². The van der Waals surface area contributed by atoms with Gasteiger partial charge in [-0.15, -0.1) is 0 Å². The van der Waals surface area contributed by atoms with Crippen LogP contribution in [0.4, 0.5) is 0 Å². The summed E-state index contributed by atoms with van der Waals surface area (Å²) in [7, 11) is 1.44. The van der Waals surface area contributed by atoms with E-state index in [0.29, 0.717) is 11.3 Å². The van der Waals surface area contributed by atoms with Crippen LogP contribution in [0.3, 0.4) is 0 Å². The van der Waals surface area contributed by atoms with E-state index >= 15 is 0 Å². The summed E-state index contributed by atoms with van der Waals surface area (Å²) in [4.78, 5) is 25.2. The largest absolute Gasteiger partial charge is 0.394 e. The predicted molar refractivity (Wildman–Crippen MR) is 59.9 cm³/mol. The lowest BCUT2D eigenvalue weighted by atomic mass is 10.2. The van der Waals surface area contributed by atoms with Gasteiger partial charge < -0.3 is 14.9 Å². The van der Waals surface area contributed by atoms with Crippen molar-refractivity contribution in [3.05, 3.63) is 32.1 Å². The third-order valence-corrected chi connectivity index (χ3v) is 2.47. The van der Waals surface area contributed by atoms with E-state index in [1.807, 2.05) is 0 Å². The summed E-state index contributed by atoms with van der Waals surface area (Å²) in [6.07, 6.45) is -1.05. The van der Waals surface area contributed by atoms with Crippen LogP contribution in [0.2, 0.25) is 0 Å². The molecule has 0 fully saturated rings. The lowest BCUT2D eigenvalue weighted by Gasteiger charge is -2.14. The second-order valence-corrected chi connectivity index (χ2v) is 3.70. The number of nitrogens with zero attached hydrogens (tertiary/aromatic N) is 1. The molecule has 1 heterocycles. The summed E-state index contributed by atoms with van der Waals surface area (Å²) in [5, 5.41) is 18.1. The van der Waals surface area contributed by atoms with Crippen molar-refractivity contribution in [2.75, 3.05) is 13.7 Å². The molecule has 0 aromatic carbocycles. The van der Waals surface area contributed by atoms with Crippen LogP contribution in [0.25, 0.3) is 0 Å². The molecule has 96 valence electrons. The number of ether oxygens (including phenoxy) is 1. The number of aliphatic hydroxyl groups excluding tert-OH is 2. The molecular formula is C10H16N2O5. The number of aromatic nitrogens is 2. The number of hydrogen-bond acceptors (Lipinski definition) is 5. The normalized spacial score (nSPS) is 12.7. The molecule has 0 saturated carbocycles. The fourth-order valence-electron chi connectivity index (χ4n) is 1.52. The van der Waals surface area contributed by atoms with Crippen LogP contribution in [-0.2, 0) is 17.9 Å². The molecule has 1 rings (SSSR count). The Morgan fingerprint density at radius 1 is 1.47 bits per heavy atom. The average Bonchev–Trinajstić information content (AvgIpc) is 2.29. The molecule has 0 aliphatic carbocycles. The quantitative estimate of drug-likeness (QED) is 0.575. The molecule has 17 heavy (non-hydrogen) atoms. The van der Waals surface area contributed by atoms with Crippen molar-refractivity contribution in [2.45, 2.75) is 26.2 Å². The summed E-state index contributed by atoms with van der Waals surface area (Å²) < 4.78 is 6.07. The molecule has 1 atom stereocenters. The number of rotatable bonds is 5. The average molecular weight is 244 g/mol. The first-order chi connectivity index (χ1) is 8.01. The number of nitrogens with one attached hydrogen (secondary N) is 1. The molecule has 0 aliphatic rings. The molecular weight excluding hydrogens is 228 g/mol. The first-order valence-electron chi connectivity index (χ1n) is 5.11. The second-order valence-electron chi connectivity index (χ2n) is 3.70. The third kappa shape index (κ3) is 3.02. The van der Waals surface area contributed by atoms with Crippen LogP contribution in [0, 0.1) is 6.92 Å². The zero-order valence-electron chi connectivity index (χ0n) is 9.77. The molecule has 0 amide bonds. The van der Waals surface area contributed by atoms with Gasteiger partial charge in [0.2, 0.25) is 0 Å². The smallest absolute Gasteiger partial charge is 0.328 e. The van der Waals surface area contributed by atoms with Gasteiger partial charge in [0.15, 0.2) is 0 Å². The van der Waals surface area contributed by atoms with Crippen LogP contribution < -0.4 is 11.2 Å². The molecule has 1 unspecified atom stereocenters. The predicted octanol–water partition coefficient (Wildman–Crippen LogP) is -1.66. The van der Waals surface area contributed by atoms with E-state index in [-0.39, 0.29) is 13.2 Å². The van der Waals surface area contributed by atoms with E-state index in [1.165, 1.54) is 11.7 Å². The first kappa shape index (κ1) is 13.6. The van der Waals surface area contributed by atoms with Gasteiger partial charge in [0, 0.05) is 12.8 Å². The first-order valence-corrected chi connectivity index (χ1v) is 5.11. The SMILES string of the molecule is COCc1c(C)n(CC(O)CO)c(=O)[nH]c1=O. The number of methoxy groups -OCH3 is 1. The van der Waals surface area contributed by atoms with E-state index in [4.69, 9.17) is 9.84 Å².